The summed E-state index contributed by atoms with van der Waals surface area (Å²) < 4.78 is 5.60. The van der Waals surface area contributed by atoms with Gasteiger partial charge in [0.25, 0.3) is 0 Å². The molecule has 0 aliphatic rings. The van der Waals surface area contributed by atoms with E-state index in [1.165, 1.54) is 0 Å². The Kier molecular flexibility index (Phi) is 3.62. The first-order chi connectivity index (χ1) is 9.92. The van der Waals surface area contributed by atoms with E-state index in [9.17, 15) is 0 Å². The Hall–Kier alpha value is -2.79. The minimum atomic E-state index is 0.356. The first kappa shape index (κ1) is 12.3. The molecule has 0 saturated heterocycles. The Morgan fingerprint density at radius 2 is 1.75 bits per heavy atom. The van der Waals surface area contributed by atoms with Crippen molar-refractivity contribution in [3.63, 3.8) is 0 Å². The maximum absolute atomic E-state index is 5.60. The molecule has 1 aromatic heterocycles. The SMILES string of the molecule is C(#Cc1ccccc1)COc1cnc2ccccc2c1. The summed E-state index contributed by atoms with van der Waals surface area (Å²) in [5.41, 5.74) is 1.96. The molecule has 0 unspecified atom stereocenters. The number of pyridine rings is 1. The van der Waals surface area contributed by atoms with Crippen LogP contribution in [-0.4, -0.2) is 11.6 Å². The van der Waals surface area contributed by atoms with E-state index in [2.05, 4.69) is 16.8 Å². The Labute approximate surface area is 118 Å². The number of para-hydroxylation sites is 1. The second-order valence-corrected chi connectivity index (χ2v) is 4.32. The first-order valence-electron chi connectivity index (χ1n) is 6.43. The van der Waals surface area contributed by atoms with Gasteiger partial charge in [-0.2, -0.15) is 0 Å². The van der Waals surface area contributed by atoms with Crippen LogP contribution in [0.5, 0.6) is 5.75 Å². The molecule has 0 bridgehead atoms. The number of fused-ring (bicyclic) bond motifs is 1. The van der Waals surface area contributed by atoms with Crippen LogP contribution in [0.1, 0.15) is 5.56 Å². The molecule has 2 nitrogen and oxygen atoms in total. The summed E-state index contributed by atoms with van der Waals surface area (Å²) in [7, 11) is 0. The lowest BCUT2D eigenvalue weighted by molar-refractivity contribution is 0.369. The summed E-state index contributed by atoms with van der Waals surface area (Å²) in [4.78, 5) is 4.34. The predicted octanol–water partition coefficient (Wildman–Crippen LogP) is 3.67. The van der Waals surface area contributed by atoms with Crippen LogP contribution in [0, 0.1) is 11.8 Å². The molecular weight excluding hydrogens is 246 g/mol. The summed E-state index contributed by atoms with van der Waals surface area (Å²) in [5, 5.41) is 1.07. The molecule has 2 aromatic carbocycles. The van der Waals surface area contributed by atoms with Gasteiger partial charge in [0.1, 0.15) is 12.4 Å². The van der Waals surface area contributed by atoms with Gasteiger partial charge >= 0.3 is 0 Å². The summed E-state index contributed by atoms with van der Waals surface area (Å²) in [6, 6.07) is 19.8. The molecule has 0 spiro atoms. The summed E-state index contributed by atoms with van der Waals surface area (Å²) in [6.45, 7) is 0.356. The van der Waals surface area contributed by atoms with Gasteiger partial charge in [0.05, 0.1) is 11.7 Å². The Morgan fingerprint density at radius 3 is 2.65 bits per heavy atom. The van der Waals surface area contributed by atoms with E-state index in [1.54, 1.807) is 6.20 Å². The molecule has 96 valence electrons. The van der Waals surface area contributed by atoms with Gasteiger partial charge in [-0.3, -0.25) is 4.98 Å². The number of aromatic nitrogens is 1. The van der Waals surface area contributed by atoms with Gasteiger partial charge in [0.2, 0.25) is 0 Å². The van der Waals surface area contributed by atoms with Gasteiger partial charge in [0.15, 0.2) is 0 Å². The molecule has 0 saturated carbocycles. The zero-order valence-corrected chi connectivity index (χ0v) is 10.9. The van der Waals surface area contributed by atoms with Crippen molar-refractivity contribution in [2.75, 3.05) is 6.61 Å². The number of hydrogen-bond acceptors (Lipinski definition) is 2. The topological polar surface area (TPSA) is 22.1 Å². The van der Waals surface area contributed by atoms with E-state index in [1.807, 2.05) is 60.7 Å². The maximum atomic E-state index is 5.60. The Morgan fingerprint density at radius 1 is 0.950 bits per heavy atom. The van der Waals surface area contributed by atoms with Crippen LogP contribution in [0.2, 0.25) is 0 Å². The standard InChI is InChI=1S/C18H13NO/c1-2-7-15(8-3-1)9-6-12-20-17-13-16-10-4-5-11-18(16)19-14-17/h1-5,7-8,10-11,13-14H,12H2. The molecule has 0 aliphatic carbocycles. The van der Waals surface area contributed by atoms with Gasteiger partial charge in [0, 0.05) is 10.9 Å². The van der Waals surface area contributed by atoms with E-state index in [0.29, 0.717) is 6.61 Å². The van der Waals surface area contributed by atoms with Crippen LogP contribution < -0.4 is 4.74 Å². The van der Waals surface area contributed by atoms with E-state index in [4.69, 9.17) is 4.74 Å². The molecule has 0 radical (unpaired) electrons. The van der Waals surface area contributed by atoms with Gasteiger partial charge in [-0.05, 0) is 24.3 Å². The van der Waals surface area contributed by atoms with E-state index in [-0.39, 0.29) is 0 Å². The second-order valence-electron chi connectivity index (χ2n) is 4.32. The quantitative estimate of drug-likeness (QED) is 0.655. The molecular formula is C18H13NO. The van der Waals surface area contributed by atoms with E-state index >= 15 is 0 Å². The molecule has 0 N–H and O–H groups in total. The highest BCUT2D eigenvalue weighted by molar-refractivity contribution is 5.79. The van der Waals surface area contributed by atoms with E-state index < -0.39 is 0 Å². The molecule has 1 heterocycles. The van der Waals surface area contributed by atoms with Crippen molar-refractivity contribution in [3.8, 4) is 17.6 Å². The maximum Gasteiger partial charge on any atom is 0.149 e. The van der Waals surface area contributed by atoms with Crippen molar-refractivity contribution >= 4 is 10.9 Å². The number of nitrogens with zero attached hydrogens (tertiary/aromatic N) is 1. The number of hydrogen-bond donors (Lipinski definition) is 0. The lowest BCUT2D eigenvalue weighted by Gasteiger charge is -2.02. The fourth-order valence-corrected chi connectivity index (χ4v) is 1.91. The first-order valence-corrected chi connectivity index (χ1v) is 6.43. The van der Waals surface area contributed by atoms with Gasteiger partial charge in [-0.15, -0.1) is 0 Å². The fraction of sp³-hybridized carbons (Fsp3) is 0.0556. The summed E-state index contributed by atoms with van der Waals surface area (Å²) >= 11 is 0. The molecule has 3 rings (SSSR count). The van der Waals surface area contributed by atoms with Crippen molar-refractivity contribution < 1.29 is 4.74 Å². The predicted molar refractivity (Wildman–Crippen MR) is 80.6 cm³/mol. The third kappa shape index (κ3) is 2.96. The van der Waals surface area contributed by atoms with E-state index in [0.717, 1.165) is 22.2 Å². The second kappa shape index (κ2) is 5.90. The zero-order chi connectivity index (χ0) is 13.6. The molecule has 3 aromatic rings. The molecule has 20 heavy (non-hydrogen) atoms. The van der Waals surface area contributed by atoms with Crippen molar-refractivity contribution in [2.45, 2.75) is 0 Å². The van der Waals surface area contributed by atoms with Crippen LogP contribution in [-0.2, 0) is 0 Å². The lowest BCUT2D eigenvalue weighted by Crippen LogP contribution is -1.94. The van der Waals surface area contributed by atoms with Crippen molar-refractivity contribution in [2.24, 2.45) is 0 Å². The molecule has 0 fully saturated rings. The highest BCUT2D eigenvalue weighted by atomic mass is 16.5. The van der Waals surface area contributed by atoms with Crippen molar-refractivity contribution in [1.82, 2.24) is 4.98 Å². The van der Waals surface area contributed by atoms with Crippen LogP contribution in [0.4, 0.5) is 0 Å². The Balaban J connectivity index is 1.67. The van der Waals surface area contributed by atoms with Gasteiger partial charge in [-0.25, -0.2) is 0 Å². The third-order valence-corrected chi connectivity index (χ3v) is 2.88. The largest absolute Gasteiger partial charge is 0.479 e. The number of ether oxygens (including phenoxy) is 1. The summed E-state index contributed by atoms with van der Waals surface area (Å²) in [6.07, 6.45) is 1.73. The van der Waals surface area contributed by atoms with Gasteiger partial charge < -0.3 is 4.74 Å². The Bertz CT molecular complexity index is 769. The fourth-order valence-electron chi connectivity index (χ4n) is 1.91. The molecule has 0 aliphatic heterocycles. The zero-order valence-electron chi connectivity index (χ0n) is 10.9. The molecule has 2 heteroatoms. The smallest absolute Gasteiger partial charge is 0.149 e. The van der Waals surface area contributed by atoms with Gasteiger partial charge in [-0.1, -0.05) is 48.2 Å². The third-order valence-electron chi connectivity index (χ3n) is 2.88. The van der Waals surface area contributed by atoms with Crippen LogP contribution in [0.15, 0.2) is 66.9 Å². The lowest BCUT2D eigenvalue weighted by atomic mass is 10.2. The molecule has 0 atom stereocenters. The minimum Gasteiger partial charge on any atom is -0.479 e. The summed E-state index contributed by atoms with van der Waals surface area (Å²) in [5.74, 6) is 6.80. The van der Waals surface area contributed by atoms with Crippen molar-refractivity contribution in [3.05, 3.63) is 72.4 Å². The number of rotatable bonds is 2. The minimum absolute atomic E-state index is 0.356. The van der Waals surface area contributed by atoms with Crippen LogP contribution >= 0.6 is 0 Å². The highest BCUT2D eigenvalue weighted by Gasteiger charge is 1.96. The van der Waals surface area contributed by atoms with Crippen LogP contribution in [0.25, 0.3) is 10.9 Å². The highest BCUT2D eigenvalue weighted by Crippen LogP contribution is 2.17. The van der Waals surface area contributed by atoms with Crippen molar-refractivity contribution in [1.29, 1.82) is 0 Å². The molecule has 0 amide bonds. The average Bonchev–Trinajstić information content (AvgIpc) is 2.52. The monoisotopic (exact) mass is 259 g/mol. The normalized spacial score (nSPS) is 9.80. The number of benzene rings is 2. The average molecular weight is 259 g/mol. The van der Waals surface area contributed by atoms with Crippen LogP contribution in [0.3, 0.4) is 0 Å².